The number of rotatable bonds is 7. The summed E-state index contributed by atoms with van der Waals surface area (Å²) in [6.07, 6.45) is 0. The molecule has 9 heteroatoms. The number of ether oxygens (including phenoxy) is 3. The number of amides is 1. The predicted octanol–water partition coefficient (Wildman–Crippen LogP) is 4.35. The van der Waals surface area contributed by atoms with Crippen molar-refractivity contribution < 1.29 is 19.0 Å². The van der Waals surface area contributed by atoms with Gasteiger partial charge in [0.2, 0.25) is 0 Å². The summed E-state index contributed by atoms with van der Waals surface area (Å²) < 4.78 is 15.8. The highest BCUT2D eigenvalue weighted by Gasteiger charge is 2.13. The molecule has 0 saturated carbocycles. The fourth-order valence-corrected chi connectivity index (χ4v) is 3.57. The Labute approximate surface area is 184 Å². The average Bonchev–Trinajstić information content (AvgIpc) is 3.22. The summed E-state index contributed by atoms with van der Waals surface area (Å²) in [6.45, 7) is 2.56. The van der Waals surface area contributed by atoms with Gasteiger partial charge in [-0.1, -0.05) is 0 Å². The zero-order valence-corrected chi connectivity index (χ0v) is 18.4. The molecule has 1 amide bonds. The Balaban J connectivity index is 1.63. The van der Waals surface area contributed by atoms with E-state index < -0.39 is 0 Å². The molecule has 0 radical (unpaired) electrons. The lowest BCUT2D eigenvalue weighted by Gasteiger charge is -2.10. The summed E-state index contributed by atoms with van der Waals surface area (Å²) in [7, 11) is 3.04. The van der Waals surface area contributed by atoms with Crippen LogP contribution in [0.5, 0.6) is 17.2 Å². The standard InChI is InChI=1S/C21H21N3O4S2/c1-4-28-15-7-5-13(6-8-15)18-12-30-21(22-18)24-20(29)23-19(25)14-9-16(26-2)11-17(10-14)27-3/h5-12H,4H2,1-3H3,(H2,22,23,24,25,29). The summed E-state index contributed by atoms with van der Waals surface area (Å²) in [5.41, 5.74) is 2.13. The maximum absolute atomic E-state index is 12.5. The molecule has 0 aliphatic rings. The number of nitrogens with zero attached hydrogens (tertiary/aromatic N) is 1. The minimum absolute atomic E-state index is 0.148. The van der Waals surface area contributed by atoms with E-state index >= 15 is 0 Å². The van der Waals surface area contributed by atoms with E-state index in [2.05, 4.69) is 15.6 Å². The molecule has 0 spiro atoms. The second kappa shape index (κ2) is 10.0. The summed E-state index contributed by atoms with van der Waals surface area (Å²) in [5, 5.41) is 8.22. The lowest BCUT2D eigenvalue weighted by Crippen LogP contribution is -2.34. The van der Waals surface area contributed by atoms with Crippen LogP contribution < -0.4 is 24.8 Å². The van der Waals surface area contributed by atoms with E-state index in [0.717, 1.165) is 17.0 Å². The van der Waals surface area contributed by atoms with Gasteiger partial charge in [0.1, 0.15) is 17.2 Å². The molecule has 1 aromatic heterocycles. The van der Waals surface area contributed by atoms with E-state index in [1.54, 1.807) is 18.2 Å². The Kier molecular flexibility index (Phi) is 7.21. The first-order valence-electron chi connectivity index (χ1n) is 9.06. The maximum atomic E-state index is 12.5. The first kappa shape index (κ1) is 21.5. The zero-order chi connectivity index (χ0) is 21.5. The lowest BCUT2D eigenvalue weighted by atomic mass is 10.2. The van der Waals surface area contributed by atoms with E-state index in [4.69, 9.17) is 26.4 Å². The molecule has 1 heterocycles. The minimum Gasteiger partial charge on any atom is -0.497 e. The molecule has 0 unspecified atom stereocenters. The molecule has 0 aliphatic heterocycles. The number of methoxy groups -OCH3 is 2. The molecule has 0 aliphatic carbocycles. The van der Waals surface area contributed by atoms with Crippen LogP contribution in [0.15, 0.2) is 47.8 Å². The molecular formula is C21H21N3O4S2. The summed E-state index contributed by atoms with van der Waals surface area (Å²) >= 11 is 6.64. The number of aromatic nitrogens is 1. The Morgan fingerprint density at radius 3 is 2.33 bits per heavy atom. The third-order valence-corrected chi connectivity index (χ3v) is 4.99. The van der Waals surface area contributed by atoms with Crippen LogP contribution in [0, 0.1) is 0 Å². The maximum Gasteiger partial charge on any atom is 0.257 e. The second-order valence-corrected chi connectivity index (χ2v) is 7.27. The second-order valence-electron chi connectivity index (χ2n) is 6.00. The van der Waals surface area contributed by atoms with Crippen LogP contribution in [-0.2, 0) is 0 Å². The monoisotopic (exact) mass is 443 g/mol. The molecule has 2 N–H and O–H groups in total. The smallest absolute Gasteiger partial charge is 0.257 e. The highest BCUT2D eigenvalue weighted by molar-refractivity contribution is 7.80. The quantitative estimate of drug-likeness (QED) is 0.525. The third-order valence-electron chi connectivity index (χ3n) is 4.03. The van der Waals surface area contributed by atoms with Gasteiger partial charge in [0, 0.05) is 22.6 Å². The van der Waals surface area contributed by atoms with Gasteiger partial charge in [-0.05, 0) is 55.5 Å². The van der Waals surface area contributed by atoms with Crippen LogP contribution in [-0.4, -0.2) is 36.8 Å². The first-order chi connectivity index (χ1) is 14.5. The van der Waals surface area contributed by atoms with Crippen LogP contribution >= 0.6 is 23.6 Å². The van der Waals surface area contributed by atoms with Gasteiger partial charge in [-0.3, -0.25) is 10.1 Å². The third kappa shape index (κ3) is 5.46. The minimum atomic E-state index is -0.381. The molecule has 2 aromatic carbocycles. The van der Waals surface area contributed by atoms with E-state index in [9.17, 15) is 4.79 Å². The van der Waals surface area contributed by atoms with Gasteiger partial charge in [-0.25, -0.2) is 4.98 Å². The number of thiazole rings is 1. The first-order valence-corrected chi connectivity index (χ1v) is 10.3. The summed E-state index contributed by atoms with van der Waals surface area (Å²) in [5.74, 6) is 1.46. The number of hydrogen-bond acceptors (Lipinski definition) is 7. The average molecular weight is 444 g/mol. The molecule has 7 nitrogen and oxygen atoms in total. The van der Waals surface area contributed by atoms with Gasteiger partial charge in [0.15, 0.2) is 10.2 Å². The Morgan fingerprint density at radius 1 is 1.07 bits per heavy atom. The van der Waals surface area contributed by atoms with Crippen molar-refractivity contribution in [1.29, 1.82) is 0 Å². The summed E-state index contributed by atoms with van der Waals surface area (Å²) in [4.78, 5) is 17.0. The molecule has 3 aromatic rings. The van der Waals surface area contributed by atoms with E-state index in [1.165, 1.54) is 25.6 Å². The van der Waals surface area contributed by atoms with Gasteiger partial charge in [0.25, 0.3) is 5.91 Å². The van der Waals surface area contributed by atoms with Gasteiger partial charge >= 0.3 is 0 Å². The van der Waals surface area contributed by atoms with Crippen molar-refractivity contribution in [3.63, 3.8) is 0 Å². The number of carbonyl (C=O) groups is 1. The zero-order valence-electron chi connectivity index (χ0n) is 16.7. The highest BCUT2D eigenvalue weighted by atomic mass is 32.1. The van der Waals surface area contributed by atoms with Crippen molar-refractivity contribution in [3.05, 3.63) is 53.4 Å². The fourth-order valence-electron chi connectivity index (χ4n) is 2.59. The van der Waals surface area contributed by atoms with E-state index in [0.29, 0.717) is 28.8 Å². The Morgan fingerprint density at radius 2 is 1.73 bits per heavy atom. The predicted molar refractivity (Wildman–Crippen MR) is 122 cm³/mol. The number of carbonyl (C=O) groups excluding carboxylic acids is 1. The van der Waals surface area contributed by atoms with E-state index in [-0.39, 0.29) is 11.0 Å². The molecule has 0 bridgehead atoms. The molecular weight excluding hydrogens is 422 g/mol. The highest BCUT2D eigenvalue weighted by Crippen LogP contribution is 2.27. The van der Waals surface area contributed by atoms with Crippen molar-refractivity contribution in [3.8, 4) is 28.5 Å². The number of hydrogen-bond donors (Lipinski definition) is 2. The fraction of sp³-hybridized carbons (Fsp3) is 0.190. The van der Waals surface area contributed by atoms with Crippen LogP contribution in [0.3, 0.4) is 0 Å². The van der Waals surface area contributed by atoms with Crippen molar-refractivity contribution in [2.24, 2.45) is 0 Å². The van der Waals surface area contributed by atoms with Gasteiger partial charge in [-0.2, -0.15) is 0 Å². The van der Waals surface area contributed by atoms with Gasteiger partial charge in [-0.15, -0.1) is 11.3 Å². The molecule has 30 heavy (non-hydrogen) atoms. The summed E-state index contributed by atoms with van der Waals surface area (Å²) in [6, 6.07) is 12.6. The lowest BCUT2D eigenvalue weighted by molar-refractivity contribution is 0.0977. The topological polar surface area (TPSA) is 81.7 Å². The normalized spacial score (nSPS) is 10.2. The number of nitrogens with one attached hydrogen (secondary N) is 2. The van der Waals surface area contributed by atoms with Gasteiger partial charge < -0.3 is 19.5 Å². The Hall–Kier alpha value is -3.17. The number of thiocarbonyl (C=S) groups is 1. The van der Waals surface area contributed by atoms with Crippen LogP contribution in [0.1, 0.15) is 17.3 Å². The molecule has 156 valence electrons. The largest absolute Gasteiger partial charge is 0.497 e. The van der Waals surface area contributed by atoms with Crippen LogP contribution in [0.25, 0.3) is 11.3 Å². The van der Waals surface area contributed by atoms with Crippen molar-refractivity contribution in [1.82, 2.24) is 10.3 Å². The van der Waals surface area contributed by atoms with Crippen molar-refractivity contribution in [2.45, 2.75) is 6.92 Å². The number of anilines is 1. The van der Waals surface area contributed by atoms with Gasteiger partial charge in [0.05, 0.1) is 26.5 Å². The molecule has 0 atom stereocenters. The van der Waals surface area contributed by atoms with Crippen molar-refractivity contribution in [2.75, 3.05) is 26.1 Å². The van der Waals surface area contributed by atoms with Crippen LogP contribution in [0.2, 0.25) is 0 Å². The Bertz CT molecular complexity index is 1010. The molecule has 0 fully saturated rings. The van der Waals surface area contributed by atoms with E-state index in [1.807, 2.05) is 36.6 Å². The SMILES string of the molecule is CCOc1ccc(-c2csc(NC(=S)NC(=O)c3cc(OC)cc(OC)c3)n2)cc1. The van der Waals surface area contributed by atoms with Crippen molar-refractivity contribution >= 4 is 39.7 Å². The number of benzene rings is 2. The van der Waals surface area contributed by atoms with Crippen LogP contribution in [0.4, 0.5) is 5.13 Å². The molecule has 0 saturated heterocycles. The molecule has 3 rings (SSSR count).